The normalized spacial score (nSPS) is 15.7. The topological polar surface area (TPSA) is 76.7 Å². The van der Waals surface area contributed by atoms with Crippen LogP contribution in [-0.4, -0.2) is 20.2 Å². The van der Waals surface area contributed by atoms with Crippen molar-refractivity contribution in [1.29, 1.82) is 0 Å². The van der Waals surface area contributed by atoms with Crippen molar-refractivity contribution >= 4 is 17.5 Å². The molecule has 134 valence electrons. The molecule has 0 saturated heterocycles. The van der Waals surface area contributed by atoms with E-state index in [9.17, 15) is 13.2 Å². The molecule has 0 atom stereocenters. The largest absolute Gasteiger partial charge is 0.470 e. The molecule has 0 spiro atoms. The Bertz CT molecular complexity index is 920. The first kappa shape index (κ1) is 16.8. The van der Waals surface area contributed by atoms with Gasteiger partial charge in [0.1, 0.15) is 0 Å². The van der Waals surface area contributed by atoms with Crippen LogP contribution in [0, 0.1) is 0 Å². The summed E-state index contributed by atoms with van der Waals surface area (Å²) in [6, 6.07) is 7.51. The second-order valence-electron chi connectivity index (χ2n) is 5.92. The Morgan fingerprint density at radius 1 is 1.04 bits per heavy atom. The third-order valence-corrected chi connectivity index (χ3v) is 4.32. The highest BCUT2D eigenvalue weighted by Gasteiger charge is 2.45. The number of hydrogen-bond donors (Lipinski definition) is 1. The van der Waals surface area contributed by atoms with Gasteiger partial charge in [-0.25, -0.2) is 9.97 Å². The van der Waals surface area contributed by atoms with Crippen molar-refractivity contribution in [1.82, 2.24) is 20.2 Å². The Morgan fingerprint density at radius 3 is 2.23 bits per heavy atom. The van der Waals surface area contributed by atoms with Crippen molar-refractivity contribution in [2.75, 3.05) is 5.32 Å². The van der Waals surface area contributed by atoms with Crippen LogP contribution in [0.1, 0.15) is 24.3 Å². The fourth-order valence-electron chi connectivity index (χ4n) is 2.55. The predicted molar refractivity (Wildman–Crippen MR) is 86.3 cm³/mol. The van der Waals surface area contributed by atoms with Gasteiger partial charge in [0.15, 0.2) is 0 Å². The lowest BCUT2D eigenvalue weighted by atomic mass is 10.1. The standard InChI is InChI=1S/C16H11ClF3N5O/c17-11-3-1-10(2-4-11)15(5-6-15)23-14-21-7-9(8-22-14)12-24-25-13(26-12)16(18,19)20/h1-4,7-8H,5-6H2,(H,21,22,23). The van der Waals surface area contributed by atoms with Gasteiger partial charge in [-0.05, 0) is 30.5 Å². The number of aromatic nitrogens is 4. The Hall–Kier alpha value is -2.68. The smallest absolute Gasteiger partial charge is 0.413 e. The Morgan fingerprint density at radius 2 is 1.69 bits per heavy atom. The lowest BCUT2D eigenvalue weighted by Crippen LogP contribution is -2.20. The van der Waals surface area contributed by atoms with Crippen LogP contribution in [0.25, 0.3) is 11.5 Å². The minimum absolute atomic E-state index is 0.204. The molecule has 1 fully saturated rings. The Balaban J connectivity index is 1.51. The summed E-state index contributed by atoms with van der Waals surface area (Å²) in [7, 11) is 0. The van der Waals surface area contributed by atoms with E-state index in [0.717, 1.165) is 18.4 Å². The van der Waals surface area contributed by atoms with Gasteiger partial charge >= 0.3 is 12.1 Å². The molecule has 1 aliphatic rings. The molecular formula is C16H11ClF3N5O. The zero-order valence-corrected chi connectivity index (χ0v) is 13.8. The molecular weight excluding hydrogens is 371 g/mol. The maximum absolute atomic E-state index is 12.5. The number of anilines is 1. The highest BCUT2D eigenvalue weighted by atomic mass is 35.5. The molecule has 2 heterocycles. The molecule has 26 heavy (non-hydrogen) atoms. The molecule has 0 amide bonds. The first-order valence-electron chi connectivity index (χ1n) is 7.63. The van der Waals surface area contributed by atoms with Gasteiger partial charge in [-0.15, -0.1) is 10.2 Å². The lowest BCUT2D eigenvalue weighted by Gasteiger charge is -2.17. The Kier molecular flexibility index (Phi) is 3.83. The molecule has 3 aromatic rings. The molecule has 0 bridgehead atoms. The zero-order chi connectivity index (χ0) is 18.4. The summed E-state index contributed by atoms with van der Waals surface area (Å²) in [4.78, 5) is 8.27. The first-order chi connectivity index (χ1) is 12.4. The van der Waals surface area contributed by atoms with E-state index in [1.54, 1.807) is 0 Å². The van der Waals surface area contributed by atoms with Crippen LogP contribution >= 0.6 is 11.6 Å². The third-order valence-electron chi connectivity index (χ3n) is 4.06. The van der Waals surface area contributed by atoms with Crippen LogP contribution in [0.3, 0.4) is 0 Å². The highest BCUT2D eigenvalue weighted by Crippen LogP contribution is 2.48. The van der Waals surface area contributed by atoms with Gasteiger partial charge < -0.3 is 9.73 Å². The molecule has 2 aromatic heterocycles. The predicted octanol–water partition coefficient (Wildman–Crippen LogP) is 4.30. The van der Waals surface area contributed by atoms with Gasteiger partial charge in [0, 0.05) is 17.4 Å². The molecule has 6 nitrogen and oxygen atoms in total. The number of nitrogens with one attached hydrogen (secondary N) is 1. The zero-order valence-electron chi connectivity index (χ0n) is 13.1. The second kappa shape index (κ2) is 5.94. The van der Waals surface area contributed by atoms with Crippen LogP contribution in [0.4, 0.5) is 19.1 Å². The van der Waals surface area contributed by atoms with E-state index in [0.29, 0.717) is 11.0 Å². The maximum atomic E-state index is 12.5. The molecule has 0 radical (unpaired) electrons. The quantitative estimate of drug-likeness (QED) is 0.726. The van der Waals surface area contributed by atoms with Gasteiger partial charge in [0.25, 0.3) is 5.89 Å². The molecule has 0 unspecified atom stereocenters. The van der Waals surface area contributed by atoms with Crippen LogP contribution in [0.5, 0.6) is 0 Å². The van der Waals surface area contributed by atoms with Crippen LogP contribution in [0.2, 0.25) is 5.02 Å². The fourth-order valence-corrected chi connectivity index (χ4v) is 2.68. The van der Waals surface area contributed by atoms with Crippen LogP contribution in [0.15, 0.2) is 41.1 Å². The van der Waals surface area contributed by atoms with Crippen molar-refractivity contribution in [3.63, 3.8) is 0 Å². The second-order valence-corrected chi connectivity index (χ2v) is 6.36. The number of benzene rings is 1. The molecule has 1 saturated carbocycles. The summed E-state index contributed by atoms with van der Waals surface area (Å²) in [6.07, 6.45) is -0.191. The van der Waals surface area contributed by atoms with Crippen molar-refractivity contribution in [2.45, 2.75) is 24.6 Å². The highest BCUT2D eigenvalue weighted by molar-refractivity contribution is 6.30. The maximum Gasteiger partial charge on any atom is 0.470 e. The van der Waals surface area contributed by atoms with Gasteiger partial charge in [-0.2, -0.15) is 13.2 Å². The van der Waals surface area contributed by atoms with Crippen molar-refractivity contribution in [3.8, 4) is 11.5 Å². The number of alkyl halides is 3. The SMILES string of the molecule is FC(F)(F)c1nnc(-c2cnc(NC3(c4ccc(Cl)cc4)CC3)nc2)o1. The number of hydrogen-bond acceptors (Lipinski definition) is 6. The van der Waals surface area contributed by atoms with Gasteiger partial charge in [-0.1, -0.05) is 23.7 Å². The summed E-state index contributed by atoms with van der Waals surface area (Å²) < 4.78 is 42.2. The molecule has 4 rings (SSSR count). The summed E-state index contributed by atoms with van der Waals surface area (Å²) in [5.74, 6) is -1.34. The van der Waals surface area contributed by atoms with Crippen molar-refractivity contribution < 1.29 is 17.6 Å². The minimum Gasteiger partial charge on any atom is -0.413 e. The lowest BCUT2D eigenvalue weighted by molar-refractivity contribution is -0.156. The Labute approximate surface area is 150 Å². The summed E-state index contributed by atoms with van der Waals surface area (Å²) in [5, 5.41) is 10.3. The van der Waals surface area contributed by atoms with E-state index in [-0.39, 0.29) is 17.0 Å². The molecule has 1 aromatic carbocycles. The van der Waals surface area contributed by atoms with E-state index in [1.807, 2.05) is 24.3 Å². The molecule has 1 aliphatic carbocycles. The molecule has 1 N–H and O–H groups in total. The first-order valence-corrected chi connectivity index (χ1v) is 8.01. The van der Waals surface area contributed by atoms with E-state index >= 15 is 0 Å². The summed E-state index contributed by atoms with van der Waals surface area (Å²) in [5.41, 5.74) is 1.02. The monoisotopic (exact) mass is 381 g/mol. The number of rotatable bonds is 4. The van der Waals surface area contributed by atoms with Crippen LogP contribution < -0.4 is 5.32 Å². The van der Waals surface area contributed by atoms with E-state index in [1.165, 1.54) is 12.4 Å². The van der Waals surface area contributed by atoms with E-state index in [4.69, 9.17) is 11.6 Å². The molecule has 10 heteroatoms. The average Bonchev–Trinajstić information content (AvgIpc) is 3.19. The average molecular weight is 382 g/mol. The van der Waals surface area contributed by atoms with Crippen molar-refractivity contribution in [3.05, 3.63) is 53.1 Å². The number of halogens is 4. The van der Waals surface area contributed by atoms with Crippen molar-refractivity contribution in [2.24, 2.45) is 0 Å². The number of nitrogens with zero attached hydrogens (tertiary/aromatic N) is 4. The molecule has 0 aliphatic heterocycles. The van der Waals surface area contributed by atoms with Gasteiger partial charge in [0.2, 0.25) is 5.95 Å². The van der Waals surface area contributed by atoms with E-state index in [2.05, 4.69) is 29.9 Å². The summed E-state index contributed by atoms with van der Waals surface area (Å²) in [6.45, 7) is 0. The van der Waals surface area contributed by atoms with E-state index < -0.39 is 12.1 Å². The minimum atomic E-state index is -4.69. The fraction of sp³-hybridized carbons (Fsp3) is 0.250. The third kappa shape index (κ3) is 3.22. The van der Waals surface area contributed by atoms with Crippen LogP contribution in [-0.2, 0) is 11.7 Å². The van der Waals surface area contributed by atoms with Gasteiger partial charge in [-0.3, -0.25) is 0 Å². The summed E-state index contributed by atoms with van der Waals surface area (Å²) >= 11 is 5.91. The van der Waals surface area contributed by atoms with Gasteiger partial charge in [0.05, 0.1) is 11.1 Å².